The fourth-order valence-corrected chi connectivity index (χ4v) is 1.73. The summed E-state index contributed by atoms with van der Waals surface area (Å²) in [6, 6.07) is 7.24. The Morgan fingerprint density at radius 3 is 3.00 bits per heavy atom. The molecule has 2 aromatic rings. The van der Waals surface area contributed by atoms with Gasteiger partial charge in [0.05, 0.1) is 0 Å². The summed E-state index contributed by atoms with van der Waals surface area (Å²) >= 11 is 1.25. The summed E-state index contributed by atoms with van der Waals surface area (Å²) in [7, 11) is 0. The summed E-state index contributed by atoms with van der Waals surface area (Å²) < 4.78 is 9.63. The van der Waals surface area contributed by atoms with E-state index in [1.807, 2.05) is 25.1 Å². The molecule has 15 heavy (non-hydrogen) atoms. The van der Waals surface area contributed by atoms with Crippen LogP contribution < -0.4 is 10.5 Å². The van der Waals surface area contributed by atoms with Crippen molar-refractivity contribution in [2.45, 2.75) is 13.3 Å². The number of anilines is 1. The molecule has 1 aromatic carbocycles. The Bertz CT molecular complexity index is 455. The van der Waals surface area contributed by atoms with Crippen LogP contribution in [0.2, 0.25) is 0 Å². The molecule has 4 nitrogen and oxygen atoms in total. The fourth-order valence-electron chi connectivity index (χ4n) is 1.10. The van der Waals surface area contributed by atoms with Gasteiger partial charge in [-0.05, 0) is 12.1 Å². The quantitative estimate of drug-likeness (QED) is 0.809. The second-order valence-electron chi connectivity index (χ2n) is 3.00. The molecule has 0 bridgehead atoms. The van der Waals surface area contributed by atoms with Crippen molar-refractivity contribution in [1.82, 2.24) is 9.36 Å². The zero-order valence-electron chi connectivity index (χ0n) is 8.30. The summed E-state index contributed by atoms with van der Waals surface area (Å²) in [6.45, 7) is 2.01. The van der Waals surface area contributed by atoms with Crippen LogP contribution in [0.15, 0.2) is 24.3 Å². The third-order valence-electron chi connectivity index (χ3n) is 1.83. The number of hydrogen-bond donors (Lipinski definition) is 1. The van der Waals surface area contributed by atoms with Crippen LogP contribution in [0.25, 0.3) is 0 Å². The first-order valence-electron chi connectivity index (χ1n) is 4.64. The summed E-state index contributed by atoms with van der Waals surface area (Å²) in [4.78, 5) is 4.20. The second-order valence-corrected chi connectivity index (χ2v) is 3.72. The molecule has 0 atom stereocenters. The van der Waals surface area contributed by atoms with Crippen molar-refractivity contribution < 1.29 is 4.74 Å². The smallest absolute Gasteiger partial charge is 0.298 e. The summed E-state index contributed by atoms with van der Waals surface area (Å²) in [5.41, 5.74) is 6.30. The molecule has 0 aliphatic carbocycles. The summed E-state index contributed by atoms with van der Waals surface area (Å²) in [6.07, 6.45) is 0.816. The van der Waals surface area contributed by atoms with E-state index in [2.05, 4.69) is 9.36 Å². The first-order valence-corrected chi connectivity index (χ1v) is 5.41. The minimum atomic E-state index is 0.553. The zero-order chi connectivity index (χ0) is 10.7. The van der Waals surface area contributed by atoms with Gasteiger partial charge in [-0.3, -0.25) is 0 Å². The highest BCUT2D eigenvalue weighted by Crippen LogP contribution is 2.24. The molecule has 0 amide bonds. The van der Waals surface area contributed by atoms with E-state index in [1.54, 1.807) is 6.07 Å². The van der Waals surface area contributed by atoms with E-state index in [0.29, 0.717) is 16.6 Å². The lowest BCUT2D eigenvalue weighted by Crippen LogP contribution is -1.87. The first-order chi connectivity index (χ1) is 7.28. The third-order valence-corrected chi connectivity index (χ3v) is 2.46. The van der Waals surface area contributed by atoms with E-state index in [9.17, 15) is 0 Å². The third kappa shape index (κ3) is 2.44. The van der Waals surface area contributed by atoms with Crippen LogP contribution in [0, 0.1) is 0 Å². The van der Waals surface area contributed by atoms with E-state index >= 15 is 0 Å². The van der Waals surface area contributed by atoms with Gasteiger partial charge < -0.3 is 10.5 Å². The fraction of sp³-hybridized carbons (Fsp3) is 0.200. The lowest BCUT2D eigenvalue weighted by molar-refractivity contribution is 0.477. The Morgan fingerprint density at radius 2 is 2.33 bits per heavy atom. The van der Waals surface area contributed by atoms with Crippen LogP contribution in [0.5, 0.6) is 10.9 Å². The molecular formula is C10H11N3OS. The van der Waals surface area contributed by atoms with Crippen molar-refractivity contribution in [2.75, 3.05) is 5.73 Å². The van der Waals surface area contributed by atoms with E-state index < -0.39 is 0 Å². The Hall–Kier alpha value is -1.62. The van der Waals surface area contributed by atoms with Crippen LogP contribution >= 0.6 is 11.5 Å². The number of ether oxygens (including phenoxy) is 1. The highest BCUT2D eigenvalue weighted by atomic mass is 32.1. The van der Waals surface area contributed by atoms with Crippen LogP contribution in [0.1, 0.15) is 12.7 Å². The van der Waals surface area contributed by atoms with Crippen molar-refractivity contribution >= 4 is 17.2 Å². The molecular weight excluding hydrogens is 210 g/mol. The van der Waals surface area contributed by atoms with Gasteiger partial charge in [0.25, 0.3) is 5.19 Å². The topological polar surface area (TPSA) is 61.0 Å². The standard InChI is InChI=1S/C10H11N3OS/c1-2-9-12-10(15-13-9)14-8-5-3-4-7(11)6-8/h3-6H,2,11H2,1H3. The van der Waals surface area contributed by atoms with Gasteiger partial charge in [-0.15, -0.1) is 0 Å². The molecule has 78 valence electrons. The SMILES string of the molecule is CCc1nsc(Oc2cccc(N)c2)n1. The maximum Gasteiger partial charge on any atom is 0.298 e. The van der Waals surface area contributed by atoms with Gasteiger partial charge in [0, 0.05) is 29.7 Å². The van der Waals surface area contributed by atoms with Gasteiger partial charge in [-0.1, -0.05) is 13.0 Å². The lowest BCUT2D eigenvalue weighted by atomic mass is 10.3. The Labute approximate surface area is 91.9 Å². The van der Waals surface area contributed by atoms with Gasteiger partial charge in [0.2, 0.25) is 0 Å². The molecule has 0 fully saturated rings. The monoisotopic (exact) mass is 221 g/mol. The minimum absolute atomic E-state index is 0.553. The molecule has 0 saturated carbocycles. The molecule has 0 spiro atoms. The number of nitrogens with two attached hydrogens (primary N) is 1. The van der Waals surface area contributed by atoms with Gasteiger partial charge in [-0.2, -0.15) is 9.36 Å². The van der Waals surface area contributed by atoms with Crippen molar-refractivity contribution in [1.29, 1.82) is 0 Å². The highest BCUT2D eigenvalue weighted by Gasteiger charge is 2.04. The average molecular weight is 221 g/mol. The molecule has 0 aliphatic rings. The van der Waals surface area contributed by atoms with Crippen LogP contribution in [0.3, 0.4) is 0 Å². The molecule has 0 radical (unpaired) electrons. The maximum absolute atomic E-state index is 5.63. The molecule has 2 N–H and O–H groups in total. The van der Waals surface area contributed by atoms with Crippen molar-refractivity contribution in [2.24, 2.45) is 0 Å². The molecule has 2 rings (SSSR count). The predicted octanol–water partition coefficient (Wildman–Crippen LogP) is 2.47. The number of aryl methyl sites for hydroxylation is 1. The van der Waals surface area contributed by atoms with Gasteiger partial charge in [0.15, 0.2) is 0 Å². The number of rotatable bonds is 3. The molecule has 1 heterocycles. The van der Waals surface area contributed by atoms with Crippen LogP contribution in [-0.2, 0) is 6.42 Å². The number of nitrogens with zero attached hydrogens (tertiary/aromatic N) is 2. The lowest BCUT2D eigenvalue weighted by Gasteiger charge is -2.00. The van der Waals surface area contributed by atoms with Crippen molar-refractivity contribution in [3.05, 3.63) is 30.1 Å². The normalized spacial score (nSPS) is 10.2. The number of aromatic nitrogens is 2. The van der Waals surface area contributed by atoms with E-state index in [-0.39, 0.29) is 0 Å². The summed E-state index contributed by atoms with van der Waals surface area (Å²) in [5, 5.41) is 0.553. The molecule has 0 unspecified atom stereocenters. The van der Waals surface area contributed by atoms with E-state index in [4.69, 9.17) is 10.5 Å². The molecule has 0 aliphatic heterocycles. The molecule has 0 saturated heterocycles. The Balaban J connectivity index is 2.14. The summed E-state index contributed by atoms with van der Waals surface area (Å²) in [5.74, 6) is 1.49. The number of benzene rings is 1. The van der Waals surface area contributed by atoms with Gasteiger partial charge in [0.1, 0.15) is 11.6 Å². The highest BCUT2D eigenvalue weighted by molar-refractivity contribution is 7.07. The van der Waals surface area contributed by atoms with Crippen molar-refractivity contribution in [3.8, 4) is 10.9 Å². The first kappa shape index (κ1) is 9.92. The number of hydrogen-bond acceptors (Lipinski definition) is 5. The van der Waals surface area contributed by atoms with Crippen LogP contribution in [-0.4, -0.2) is 9.36 Å². The Morgan fingerprint density at radius 1 is 1.47 bits per heavy atom. The second kappa shape index (κ2) is 4.27. The van der Waals surface area contributed by atoms with Gasteiger partial charge >= 0.3 is 0 Å². The zero-order valence-corrected chi connectivity index (χ0v) is 9.12. The van der Waals surface area contributed by atoms with E-state index in [0.717, 1.165) is 12.2 Å². The average Bonchev–Trinajstić information content (AvgIpc) is 2.65. The number of nitrogen functional groups attached to an aromatic ring is 1. The Kier molecular flexibility index (Phi) is 2.82. The molecule has 1 aromatic heterocycles. The van der Waals surface area contributed by atoms with E-state index in [1.165, 1.54) is 11.5 Å². The maximum atomic E-state index is 5.63. The largest absolute Gasteiger partial charge is 0.430 e. The minimum Gasteiger partial charge on any atom is -0.430 e. The predicted molar refractivity (Wildman–Crippen MR) is 60.2 cm³/mol. The molecule has 5 heteroatoms. The van der Waals surface area contributed by atoms with Crippen molar-refractivity contribution in [3.63, 3.8) is 0 Å². The van der Waals surface area contributed by atoms with Gasteiger partial charge in [-0.25, -0.2) is 0 Å². The van der Waals surface area contributed by atoms with Crippen LogP contribution in [0.4, 0.5) is 5.69 Å².